The van der Waals surface area contributed by atoms with Gasteiger partial charge in [0.25, 0.3) is 5.91 Å². The van der Waals surface area contributed by atoms with Crippen molar-refractivity contribution in [1.82, 2.24) is 4.90 Å². The number of hydrogen-bond donors (Lipinski definition) is 1. The number of carbonyl (C=O) groups is 3. The van der Waals surface area contributed by atoms with E-state index in [-0.39, 0.29) is 30.7 Å². The molecule has 1 saturated heterocycles. The van der Waals surface area contributed by atoms with Gasteiger partial charge in [-0.15, -0.1) is 0 Å². The molecule has 30 heavy (non-hydrogen) atoms. The van der Waals surface area contributed by atoms with Crippen molar-refractivity contribution < 1.29 is 14.4 Å². The Labute approximate surface area is 180 Å². The number of para-hydroxylation sites is 1. The molecule has 2 aromatic rings. The Morgan fingerprint density at radius 1 is 1.20 bits per heavy atom. The maximum atomic E-state index is 13.2. The molecular formula is C23H24ClN3O3. The predicted molar refractivity (Wildman–Crippen MR) is 117 cm³/mol. The molecule has 1 atom stereocenters. The number of aryl methyl sites for hydroxylation is 2. The minimum Gasteiger partial charge on any atom is -0.324 e. The van der Waals surface area contributed by atoms with Crippen LogP contribution < -0.4 is 10.2 Å². The van der Waals surface area contributed by atoms with E-state index in [0.717, 1.165) is 11.1 Å². The van der Waals surface area contributed by atoms with Crippen LogP contribution in [0.25, 0.3) is 0 Å². The molecular weight excluding hydrogens is 402 g/mol. The number of rotatable bonds is 4. The fourth-order valence-corrected chi connectivity index (χ4v) is 4.90. The van der Waals surface area contributed by atoms with Crippen LogP contribution in [0.15, 0.2) is 36.4 Å². The molecule has 0 unspecified atom stereocenters. The minimum atomic E-state index is -0.764. The highest BCUT2D eigenvalue weighted by atomic mass is 35.5. The van der Waals surface area contributed by atoms with Crippen LogP contribution in [-0.4, -0.2) is 34.8 Å². The van der Waals surface area contributed by atoms with Gasteiger partial charge in [-0.2, -0.15) is 0 Å². The standard InChI is InChI=1S/C23H24ClN3O3/c1-14-12-15(2)21(17(24)13-14)25-19(28)9-11-26-22(30)16-6-4-5-7-18(16)27-20(29)8-10-23(26,27)3/h4-7,12-13H,8-11H2,1-3H3,(H,25,28)/t23-/m1/s1. The summed E-state index contributed by atoms with van der Waals surface area (Å²) in [5.74, 6) is -0.389. The number of fused-ring (bicyclic) bond motifs is 3. The molecule has 2 aromatic carbocycles. The van der Waals surface area contributed by atoms with Gasteiger partial charge in [-0.1, -0.05) is 29.8 Å². The molecule has 0 aromatic heterocycles. The van der Waals surface area contributed by atoms with E-state index in [1.54, 1.807) is 34.1 Å². The first-order chi connectivity index (χ1) is 14.2. The van der Waals surface area contributed by atoms with E-state index in [4.69, 9.17) is 11.6 Å². The summed E-state index contributed by atoms with van der Waals surface area (Å²) in [5.41, 5.74) is 2.87. The third-order valence-corrected chi connectivity index (χ3v) is 6.30. The zero-order valence-electron chi connectivity index (χ0n) is 17.3. The molecule has 2 aliphatic heterocycles. The van der Waals surface area contributed by atoms with Crippen LogP contribution in [0.5, 0.6) is 0 Å². The van der Waals surface area contributed by atoms with Gasteiger partial charge in [-0.3, -0.25) is 19.3 Å². The quantitative estimate of drug-likeness (QED) is 0.794. The Morgan fingerprint density at radius 3 is 2.67 bits per heavy atom. The van der Waals surface area contributed by atoms with Crippen molar-refractivity contribution in [2.75, 3.05) is 16.8 Å². The van der Waals surface area contributed by atoms with Crippen LogP contribution in [-0.2, 0) is 9.59 Å². The van der Waals surface area contributed by atoms with Crippen molar-refractivity contribution in [2.24, 2.45) is 0 Å². The second-order valence-electron chi connectivity index (χ2n) is 8.16. The van der Waals surface area contributed by atoms with Gasteiger partial charge >= 0.3 is 0 Å². The molecule has 1 N–H and O–H groups in total. The number of anilines is 2. The molecule has 7 heteroatoms. The van der Waals surface area contributed by atoms with Gasteiger partial charge in [0.05, 0.1) is 22.0 Å². The summed E-state index contributed by atoms with van der Waals surface area (Å²) in [6.45, 7) is 5.94. The Kier molecular flexibility index (Phi) is 5.06. The van der Waals surface area contributed by atoms with Gasteiger partial charge in [-0.25, -0.2) is 0 Å². The highest BCUT2D eigenvalue weighted by Gasteiger charge is 2.52. The van der Waals surface area contributed by atoms with E-state index in [2.05, 4.69) is 5.32 Å². The van der Waals surface area contributed by atoms with E-state index in [9.17, 15) is 14.4 Å². The van der Waals surface area contributed by atoms with Crippen molar-refractivity contribution in [3.63, 3.8) is 0 Å². The van der Waals surface area contributed by atoms with Crippen molar-refractivity contribution in [3.8, 4) is 0 Å². The number of amides is 3. The van der Waals surface area contributed by atoms with Crippen molar-refractivity contribution in [1.29, 1.82) is 0 Å². The molecule has 156 valence electrons. The second kappa shape index (κ2) is 7.43. The van der Waals surface area contributed by atoms with Gasteiger partial charge in [0.15, 0.2) is 0 Å². The van der Waals surface area contributed by atoms with Crippen LogP contribution >= 0.6 is 11.6 Å². The lowest BCUT2D eigenvalue weighted by Gasteiger charge is -2.48. The first kappa shape index (κ1) is 20.4. The molecule has 2 heterocycles. The van der Waals surface area contributed by atoms with E-state index in [1.165, 1.54) is 0 Å². The molecule has 0 aliphatic carbocycles. The van der Waals surface area contributed by atoms with E-state index >= 15 is 0 Å². The summed E-state index contributed by atoms with van der Waals surface area (Å²) in [4.78, 5) is 41.9. The molecule has 3 amide bonds. The van der Waals surface area contributed by atoms with Gasteiger partial charge in [-0.05, 0) is 56.5 Å². The Morgan fingerprint density at radius 2 is 1.93 bits per heavy atom. The third-order valence-electron chi connectivity index (χ3n) is 6.00. The second-order valence-corrected chi connectivity index (χ2v) is 8.56. The van der Waals surface area contributed by atoms with E-state index < -0.39 is 5.66 Å². The zero-order chi connectivity index (χ0) is 21.6. The average molecular weight is 426 g/mol. The molecule has 6 nitrogen and oxygen atoms in total. The number of benzene rings is 2. The lowest BCUT2D eigenvalue weighted by atomic mass is 9.98. The largest absolute Gasteiger partial charge is 0.324 e. The summed E-state index contributed by atoms with van der Waals surface area (Å²) in [6.07, 6.45) is 1.02. The molecule has 4 rings (SSSR count). The SMILES string of the molecule is Cc1cc(C)c(NC(=O)CCN2C(=O)c3ccccc3N3C(=O)CC[C@]23C)c(Cl)c1. The minimum absolute atomic E-state index is 0.00559. The van der Waals surface area contributed by atoms with Gasteiger partial charge in [0.2, 0.25) is 11.8 Å². The lowest BCUT2D eigenvalue weighted by molar-refractivity contribution is -0.117. The van der Waals surface area contributed by atoms with Crippen LogP contribution in [0.2, 0.25) is 5.02 Å². The normalized spacial score (nSPS) is 20.3. The molecule has 2 aliphatic rings. The topological polar surface area (TPSA) is 69.7 Å². The van der Waals surface area contributed by atoms with Crippen LogP contribution in [0.3, 0.4) is 0 Å². The van der Waals surface area contributed by atoms with Crippen molar-refractivity contribution in [3.05, 3.63) is 58.1 Å². The number of nitrogens with one attached hydrogen (secondary N) is 1. The predicted octanol–water partition coefficient (Wildman–Crippen LogP) is 4.28. The highest BCUT2D eigenvalue weighted by Crippen LogP contribution is 2.44. The molecule has 0 saturated carbocycles. The van der Waals surface area contributed by atoms with Gasteiger partial charge in [0.1, 0.15) is 5.66 Å². The molecule has 0 bridgehead atoms. The Bertz CT molecular complexity index is 1040. The monoisotopic (exact) mass is 425 g/mol. The summed E-state index contributed by atoms with van der Waals surface area (Å²) in [5, 5.41) is 3.36. The van der Waals surface area contributed by atoms with Crippen LogP contribution in [0, 0.1) is 13.8 Å². The molecule has 1 fully saturated rings. The Hall–Kier alpha value is -2.86. The van der Waals surface area contributed by atoms with Gasteiger partial charge in [0, 0.05) is 19.4 Å². The highest BCUT2D eigenvalue weighted by molar-refractivity contribution is 6.34. The Balaban J connectivity index is 1.55. The summed E-state index contributed by atoms with van der Waals surface area (Å²) < 4.78 is 0. The first-order valence-electron chi connectivity index (χ1n) is 10.0. The van der Waals surface area contributed by atoms with Crippen LogP contribution in [0.4, 0.5) is 11.4 Å². The van der Waals surface area contributed by atoms with Crippen molar-refractivity contribution >= 4 is 40.7 Å². The van der Waals surface area contributed by atoms with Crippen LogP contribution in [0.1, 0.15) is 47.7 Å². The lowest BCUT2D eigenvalue weighted by Crippen LogP contribution is -2.62. The fraction of sp³-hybridized carbons (Fsp3) is 0.348. The number of nitrogens with zero attached hydrogens (tertiary/aromatic N) is 2. The van der Waals surface area contributed by atoms with Crippen molar-refractivity contribution in [2.45, 2.75) is 45.7 Å². The maximum absolute atomic E-state index is 13.2. The molecule has 0 spiro atoms. The smallest absolute Gasteiger partial charge is 0.257 e. The van der Waals surface area contributed by atoms with Gasteiger partial charge < -0.3 is 10.2 Å². The molecule has 0 radical (unpaired) electrons. The summed E-state index contributed by atoms with van der Waals surface area (Å²) >= 11 is 6.29. The fourth-order valence-electron chi connectivity index (χ4n) is 4.53. The van der Waals surface area contributed by atoms with E-state index in [1.807, 2.05) is 32.9 Å². The zero-order valence-corrected chi connectivity index (χ0v) is 18.0. The maximum Gasteiger partial charge on any atom is 0.257 e. The summed E-state index contributed by atoms with van der Waals surface area (Å²) in [6, 6.07) is 10.9. The first-order valence-corrected chi connectivity index (χ1v) is 10.4. The third kappa shape index (κ3) is 3.25. The summed E-state index contributed by atoms with van der Waals surface area (Å²) in [7, 11) is 0. The average Bonchev–Trinajstić information content (AvgIpc) is 3.00. The number of carbonyl (C=O) groups excluding carboxylic acids is 3. The number of halogens is 1. The number of hydrogen-bond acceptors (Lipinski definition) is 3. The van der Waals surface area contributed by atoms with E-state index in [0.29, 0.717) is 34.8 Å².